The van der Waals surface area contributed by atoms with Crippen molar-refractivity contribution in [3.63, 3.8) is 0 Å². The molecule has 1 aliphatic rings. The summed E-state index contributed by atoms with van der Waals surface area (Å²) >= 11 is 0. The molecule has 24 heavy (non-hydrogen) atoms. The Balaban J connectivity index is 0.00000208. The molecule has 0 aliphatic carbocycles. The third kappa shape index (κ3) is 3.60. The Kier molecular flexibility index (Phi) is 5.61. The van der Waals surface area contributed by atoms with Gasteiger partial charge in [-0.05, 0) is 0 Å². The molecule has 4 atom stereocenters. The van der Waals surface area contributed by atoms with Crippen LogP contribution in [0.4, 0.5) is 5.82 Å². The summed E-state index contributed by atoms with van der Waals surface area (Å²) in [4.78, 5) is 29.2. The van der Waals surface area contributed by atoms with Gasteiger partial charge in [0.1, 0.15) is 30.2 Å². The molecule has 1 fully saturated rings. The van der Waals surface area contributed by atoms with Crippen LogP contribution in [0.3, 0.4) is 0 Å². The number of rotatable bonds is 4. The molecule has 2 aromatic heterocycles. The van der Waals surface area contributed by atoms with Crippen LogP contribution in [0.5, 0.6) is 0 Å². The fourth-order valence-electron chi connectivity index (χ4n) is 2.32. The van der Waals surface area contributed by atoms with Crippen LogP contribution in [0, 0.1) is 0 Å². The summed E-state index contributed by atoms with van der Waals surface area (Å²) in [6, 6.07) is 0. The number of phosphoric ester groups is 1. The molecule has 1 aliphatic heterocycles. The topological polar surface area (TPSA) is 186 Å². The minimum atomic E-state index is -4.72. The number of fused-ring (bicyclic) bond motifs is 1. The first-order valence-electron chi connectivity index (χ1n) is 6.42. The number of imidazole rings is 1. The first kappa shape index (κ1) is 19.2. The van der Waals surface area contributed by atoms with Crippen LogP contribution >= 0.6 is 7.82 Å². The van der Waals surface area contributed by atoms with E-state index in [1.807, 2.05) is 0 Å². The van der Waals surface area contributed by atoms with E-state index in [-0.39, 0.29) is 28.8 Å². The number of phosphoric acid groups is 1. The van der Waals surface area contributed by atoms with Crippen molar-refractivity contribution in [3.8, 4) is 0 Å². The van der Waals surface area contributed by atoms with E-state index in [9.17, 15) is 14.8 Å². The van der Waals surface area contributed by atoms with Gasteiger partial charge >= 0.3 is 7.82 Å². The maximum atomic E-state index is 10.7. The molecule has 3 heterocycles. The van der Waals surface area contributed by atoms with Gasteiger partial charge in [0.15, 0.2) is 17.7 Å². The second-order valence-electron chi connectivity index (χ2n) is 4.92. The molecule has 6 N–H and O–H groups in total. The molecular formula is C10H14CrN5O7P. The van der Waals surface area contributed by atoms with Gasteiger partial charge in [-0.15, -0.1) is 0 Å². The quantitative estimate of drug-likeness (QED) is 0.363. The first-order chi connectivity index (χ1) is 10.8. The Morgan fingerprint density at radius 3 is 2.67 bits per heavy atom. The van der Waals surface area contributed by atoms with Crippen LogP contribution in [-0.2, 0) is 31.2 Å². The summed E-state index contributed by atoms with van der Waals surface area (Å²) in [6.07, 6.45) is -2.49. The molecule has 1 saturated heterocycles. The standard InChI is InChI=1S/C10H14N5O7P.Cr/c11-8-5-9(13-2-12-8)15(3-14-5)10-7(17)6(16)4(22-10)1-21-23(18,19)20;/h2-4,6-7,10,16-17H,1H2,(H2,11,12,13)(H2,18,19,20);/t4-,6?,7?,10-;/m1./s1. The number of hydrogen-bond acceptors (Lipinski definition) is 9. The zero-order valence-corrected chi connectivity index (χ0v) is 14.1. The number of aromatic nitrogens is 4. The summed E-state index contributed by atoms with van der Waals surface area (Å²) in [7, 11) is -4.72. The van der Waals surface area contributed by atoms with Crippen LogP contribution < -0.4 is 5.73 Å². The molecule has 2 aromatic rings. The Morgan fingerprint density at radius 1 is 1.29 bits per heavy atom. The van der Waals surface area contributed by atoms with Gasteiger partial charge in [0.25, 0.3) is 0 Å². The molecule has 0 amide bonds. The fourth-order valence-corrected chi connectivity index (χ4v) is 2.66. The number of aliphatic hydroxyl groups excluding tert-OH is 2. The number of nitrogen functional groups attached to an aromatic ring is 1. The predicted octanol–water partition coefficient (Wildman–Crippen LogP) is -1.87. The normalized spacial score (nSPS) is 27.3. The zero-order chi connectivity index (χ0) is 16.8. The second-order valence-corrected chi connectivity index (χ2v) is 6.15. The van der Waals surface area contributed by atoms with E-state index in [0.717, 1.165) is 0 Å². The third-order valence-electron chi connectivity index (χ3n) is 3.41. The Morgan fingerprint density at radius 2 is 2.00 bits per heavy atom. The minimum absolute atomic E-state index is 0. The average molecular weight is 399 g/mol. The van der Waals surface area contributed by atoms with Crippen LogP contribution in [0.15, 0.2) is 12.7 Å². The average Bonchev–Trinajstić information content (AvgIpc) is 3.01. The molecule has 0 aromatic carbocycles. The van der Waals surface area contributed by atoms with Crippen molar-refractivity contribution < 1.29 is 51.2 Å². The van der Waals surface area contributed by atoms with Crippen LogP contribution in [0.2, 0.25) is 0 Å². The summed E-state index contributed by atoms with van der Waals surface area (Å²) in [5.41, 5.74) is 6.25. The van der Waals surface area contributed by atoms with Crippen LogP contribution in [0.25, 0.3) is 11.2 Å². The van der Waals surface area contributed by atoms with Gasteiger partial charge in [0.05, 0.1) is 12.9 Å². The molecule has 12 nitrogen and oxygen atoms in total. The molecule has 3 rings (SSSR count). The van der Waals surface area contributed by atoms with Gasteiger partial charge < -0.3 is 30.5 Å². The summed E-state index contributed by atoms with van der Waals surface area (Å²) in [5.74, 6) is 0.142. The Labute approximate surface area is 145 Å². The molecule has 2 unspecified atom stereocenters. The monoisotopic (exact) mass is 399 g/mol. The van der Waals surface area contributed by atoms with Crippen molar-refractivity contribution in [2.45, 2.75) is 24.5 Å². The Bertz CT molecular complexity index is 769. The van der Waals surface area contributed by atoms with Gasteiger partial charge in [0, 0.05) is 17.4 Å². The van der Waals surface area contributed by atoms with E-state index >= 15 is 0 Å². The van der Waals surface area contributed by atoms with E-state index in [1.165, 1.54) is 17.2 Å². The summed E-state index contributed by atoms with van der Waals surface area (Å²) in [6.45, 7) is -0.594. The molecule has 0 radical (unpaired) electrons. The van der Waals surface area contributed by atoms with Crippen molar-refractivity contribution in [1.82, 2.24) is 19.5 Å². The van der Waals surface area contributed by atoms with Crippen molar-refractivity contribution >= 4 is 24.8 Å². The van der Waals surface area contributed by atoms with E-state index < -0.39 is 39.0 Å². The first-order valence-corrected chi connectivity index (χ1v) is 7.95. The maximum absolute atomic E-state index is 10.7. The number of aliphatic hydroxyl groups is 2. The van der Waals surface area contributed by atoms with Gasteiger partial charge in [-0.3, -0.25) is 9.09 Å². The van der Waals surface area contributed by atoms with Crippen molar-refractivity contribution in [2.24, 2.45) is 0 Å². The molecule has 0 saturated carbocycles. The molecule has 132 valence electrons. The number of nitrogens with two attached hydrogens (primary N) is 1. The van der Waals surface area contributed by atoms with E-state index in [4.69, 9.17) is 20.3 Å². The molecule has 0 spiro atoms. The number of anilines is 1. The van der Waals surface area contributed by atoms with Gasteiger partial charge in [0.2, 0.25) is 0 Å². The predicted molar refractivity (Wildman–Crippen MR) is 73.7 cm³/mol. The van der Waals surface area contributed by atoms with E-state index in [0.29, 0.717) is 5.52 Å². The fraction of sp³-hybridized carbons (Fsp3) is 0.500. The zero-order valence-electron chi connectivity index (χ0n) is 11.9. The molecule has 14 heteroatoms. The van der Waals surface area contributed by atoms with Crippen LogP contribution in [0.1, 0.15) is 6.23 Å². The Hall–Kier alpha value is -1.13. The van der Waals surface area contributed by atoms with Gasteiger partial charge in [-0.1, -0.05) is 0 Å². The second kappa shape index (κ2) is 7.01. The van der Waals surface area contributed by atoms with Crippen molar-refractivity contribution in [3.05, 3.63) is 12.7 Å². The van der Waals surface area contributed by atoms with Crippen molar-refractivity contribution in [1.29, 1.82) is 0 Å². The summed E-state index contributed by atoms with van der Waals surface area (Å²) in [5, 5.41) is 20.1. The molecule has 0 bridgehead atoms. The molecular weight excluding hydrogens is 385 g/mol. The van der Waals surface area contributed by atoms with Crippen molar-refractivity contribution in [2.75, 3.05) is 12.3 Å². The van der Waals surface area contributed by atoms with Crippen LogP contribution in [-0.4, -0.2) is 64.4 Å². The number of hydrogen-bond donors (Lipinski definition) is 5. The van der Waals surface area contributed by atoms with E-state index in [1.54, 1.807) is 0 Å². The smallest absolute Gasteiger partial charge is 0.387 e. The SMILES string of the molecule is Nc1ncnc2c1ncn2[C@@H]1O[C@H](COP(=O)(O)O)C(O)C1O.[Cr]. The van der Waals surface area contributed by atoms with Gasteiger partial charge in [-0.25, -0.2) is 19.5 Å². The summed E-state index contributed by atoms with van der Waals surface area (Å²) < 4.78 is 21.8. The number of nitrogens with zero attached hydrogens (tertiary/aromatic N) is 4. The third-order valence-corrected chi connectivity index (χ3v) is 3.89. The number of ether oxygens (including phenoxy) is 1. The van der Waals surface area contributed by atoms with E-state index in [2.05, 4.69) is 19.5 Å². The largest absolute Gasteiger partial charge is 0.469 e. The maximum Gasteiger partial charge on any atom is 0.469 e. The minimum Gasteiger partial charge on any atom is -0.387 e. The van der Waals surface area contributed by atoms with Gasteiger partial charge in [-0.2, -0.15) is 0 Å².